The van der Waals surface area contributed by atoms with E-state index in [2.05, 4.69) is 10.3 Å². The van der Waals surface area contributed by atoms with Crippen molar-refractivity contribution in [3.05, 3.63) is 28.5 Å². The number of hydrogen-bond donors (Lipinski definition) is 4. The molecule has 1 heterocycles. The van der Waals surface area contributed by atoms with Crippen molar-refractivity contribution in [2.45, 2.75) is 12.2 Å². The molecule has 2 atom stereocenters. The van der Waals surface area contributed by atoms with Gasteiger partial charge < -0.3 is 20.6 Å². The summed E-state index contributed by atoms with van der Waals surface area (Å²) < 4.78 is 0. The maximum atomic E-state index is 10.9. The first-order valence-corrected chi connectivity index (χ1v) is 5.25. The van der Waals surface area contributed by atoms with Crippen molar-refractivity contribution in [3.8, 4) is 0 Å². The minimum absolute atomic E-state index is 0.0152. The van der Waals surface area contributed by atoms with E-state index >= 15 is 0 Å². The highest BCUT2D eigenvalue weighted by Gasteiger charge is 2.24. The minimum Gasteiger partial charge on any atom is -0.476 e. The van der Waals surface area contributed by atoms with E-state index in [1.807, 2.05) is 0 Å². The zero-order valence-corrected chi connectivity index (χ0v) is 9.85. The summed E-state index contributed by atoms with van der Waals surface area (Å²) in [5, 5.41) is 31.0. The number of nitrogens with zero attached hydrogens (tertiary/aromatic N) is 1. The van der Waals surface area contributed by atoms with Gasteiger partial charge >= 0.3 is 5.97 Å². The zero-order valence-electron chi connectivity index (χ0n) is 9.09. The van der Waals surface area contributed by atoms with Gasteiger partial charge in [-0.25, -0.2) is 9.78 Å². The van der Waals surface area contributed by atoms with Crippen molar-refractivity contribution < 1.29 is 20.1 Å². The fourth-order valence-electron chi connectivity index (χ4n) is 1.38. The van der Waals surface area contributed by atoms with Gasteiger partial charge in [-0.3, -0.25) is 0 Å². The van der Waals surface area contributed by atoms with Crippen LogP contribution < -0.4 is 5.32 Å². The van der Waals surface area contributed by atoms with E-state index in [0.717, 1.165) is 0 Å². The highest BCUT2D eigenvalue weighted by Crippen LogP contribution is 2.21. The van der Waals surface area contributed by atoms with E-state index in [1.54, 1.807) is 7.05 Å². The van der Waals surface area contributed by atoms with Gasteiger partial charge in [0.05, 0.1) is 6.10 Å². The molecular formula is C10H13ClN2O4. The van der Waals surface area contributed by atoms with Crippen LogP contribution in [0.2, 0.25) is 5.15 Å². The molecule has 94 valence electrons. The number of rotatable bonds is 5. The lowest BCUT2D eigenvalue weighted by molar-refractivity contribution is 0.0189. The third kappa shape index (κ3) is 3.37. The molecule has 1 aromatic rings. The number of aromatic nitrogens is 1. The number of aliphatic hydroxyl groups excluding tert-OH is 2. The number of carboxylic acids is 1. The third-order valence-corrected chi connectivity index (χ3v) is 2.40. The Hall–Kier alpha value is -1.21. The lowest BCUT2D eigenvalue weighted by Gasteiger charge is -2.18. The smallest absolute Gasteiger partial charge is 0.354 e. The number of hydrogen-bond acceptors (Lipinski definition) is 5. The number of nitrogens with one attached hydrogen (secondary N) is 1. The van der Waals surface area contributed by atoms with Gasteiger partial charge in [-0.1, -0.05) is 17.7 Å². The molecule has 0 aliphatic rings. The van der Waals surface area contributed by atoms with Gasteiger partial charge in [-0.2, -0.15) is 0 Å². The van der Waals surface area contributed by atoms with Crippen molar-refractivity contribution >= 4 is 17.6 Å². The first kappa shape index (κ1) is 13.9. The SMILES string of the molecule is CNCC(O)C(O)c1ccc(Cl)nc1C(=O)O. The summed E-state index contributed by atoms with van der Waals surface area (Å²) in [6.45, 7) is 0.128. The number of aromatic carboxylic acids is 1. The number of halogens is 1. The Bertz CT molecular complexity index is 413. The number of carbonyl (C=O) groups is 1. The van der Waals surface area contributed by atoms with Crippen LogP contribution >= 0.6 is 11.6 Å². The summed E-state index contributed by atoms with van der Waals surface area (Å²) in [6.07, 6.45) is -2.46. The van der Waals surface area contributed by atoms with Crippen molar-refractivity contribution in [1.29, 1.82) is 0 Å². The molecule has 0 bridgehead atoms. The van der Waals surface area contributed by atoms with Crippen LogP contribution in [0.15, 0.2) is 12.1 Å². The number of aliphatic hydroxyl groups is 2. The maximum absolute atomic E-state index is 10.9. The van der Waals surface area contributed by atoms with Gasteiger partial charge in [0.25, 0.3) is 0 Å². The summed E-state index contributed by atoms with van der Waals surface area (Å²) in [4.78, 5) is 14.5. The molecule has 0 aromatic carbocycles. The monoisotopic (exact) mass is 260 g/mol. The normalized spacial score (nSPS) is 14.4. The molecule has 1 rings (SSSR count). The predicted octanol–water partition coefficient (Wildman–Crippen LogP) is 0.0469. The van der Waals surface area contributed by atoms with Crippen LogP contribution in [0, 0.1) is 0 Å². The van der Waals surface area contributed by atoms with Crippen LogP contribution in [0.4, 0.5) is 0 Å². The predicted molar refractivity (Wildman–Crippen MR) is 61.1 cm³/mol. The Labute approximate surface area is 103 Å². The largest absolute Gasteiger partial charge is 0.476 e. The average Bonchev–Trinajstić information content (AvgIpc) is 2.28. The van der Waals surface area contributed by atoms with Gasteiger partial charge in [0.2, 0.25) is 0 Å². The average molecular weight is 261 g/mol. The van der Waals surface area contributed by atoms with E-state index in [4.69, 9.17) is 16.7 Å². The zero-order chi connectivity index (χ0) is 13.0. The van der Waals surface area contributed by atoms with Crippen LogP contribution in [-0.4, -0.2) is 46.0 Å². The lowest BCUT2D eigenvalue weighted by atomic mass is 10.0. The van der Waals surface area contributed by atoms with Crippen LogP contribution in [0.5, 0.6) is 0 Å². The van der Waals surface area contributed by atoms with Crippen molar-refractivity contribution in [2.75, 3.05) is 13.6 Å². The third-order valence-electron chi connectivity index (χ3n) is 2.19. The number of carboxylic acid groups (broad SMARTS) is 1. The Morgan fingerprint density at radius 3 is 2.71 bits per heavy atom. The van der Waals surface area contributed by atoms with Crippen molar-refractivity contribution in [1.82, 2.24) is 10.3 Å². The fourth-order valence-corrected chi connectivity index (χ4v) is 1.53. The Morgan fingerprint density at radius 1 is 1.53 bits per heavy atom. The number of likely N-dealkylation sites (N-methyl/N-ethyl adjacent to an activating group) is 1. The first-order chi connectivity index (χ1) is 7.97. The Morgan fingerprint density at radius 2 is 2.18 bits per heavy atom. The van der Waals surface area contributed by atoms with E-state index in [0.29, 0.717) is 0 Å². The summed E-state index contributed by atoms with van der Waals surface area (Å²) in [5.41, 5.74) is -0.329. The minimum atomic E-state index is -1.33. The summed E-state index contributed by atoms with van der Waals surface area (Å²) in [5.74, 6) is -1.31. The van der Waals surface area contributed by atoms with Gasteiger partial charge in [-0.15, -0.1) is 0 Å². The van der Waals surface area contributed by atoms with Crippen LogP contribution in [0.3, 0.4) is 0 Å². The standard InChI is InChI=1S/C10H13ClN2O4/c1-12-4-6(14)9(15)5-2-3-7(11)13-8(5)10(16)17/h2-3,6,9,12,14-15H,4H2,1H3,(H,16,17). The Balaban J connectivity index is 3.08. The maximum Gasteiger partial charge on any atom is 0.354 e. The molecule has 0 aliphatic carbocycles. The molecule has 0 amide bonds. The van der Waals surface area contributed by atoms with Crippen LogP contribution in [-0.2, 0) is 0 Å². The highest BCUT2D eigenvalue weighted by atomic mass is 35.5. The molecule has 0 aliphatic heterocycles. The van der Waals surface area contributed by atoms with Crippen LogP contribution in [0.1, 0.15) is 22.2 Å². The molecule has 0 fully saturated rings. The molecule has 0 spiro atoms. The molecule has 6 nitrogen and oxygen atoms in total. The second kappa shape index (κ2) is 5.92. The molecular weight excluding hydrogens is 248 g/mol. The van der Waals surface area contributed by atoms with E-state index in [1.165, 1.54) is 12.1 Å². The molecule has 2 unspecified atom stereocenters. The van der Waals surface area contributed by atoms with Crippen LogP contribution in [0.25, 0.3) is 0 Å². The van der Waals surface area contributed by atoms with E-state index < -0.39 is 18.2 Å². The molecule has 0 saturated carbocycles. The quantitative estimate of drug-likeness (QED) is 0.558. The molecule has 17 heavy (non-hydrogen) atoms. The highest BCUT2D eigenvalue weighted by molar-refractivity contribution is 6.29. The van der Waals surface area contributed by atoms with Gasteiger partial charge in [-0.05, 0) is 13.1 Å². The molecule has 1 aromatic heterocycles. The second-order valence-electron chi connectivity index (χ2n) is 3.45. The van der Waals surface area contributed by atoms with Crippen molar-refractivity contribution in [2.24, 2.45) is 0 Å². The summed E-state index contributed by atoms with van der Waals surface area (Å²) in [6, 6.07) is 2.70. The topological polar surface area (TPSA) is 103 Å². The van der Waals surface area contributed by atoms with Gasteiger partial charge in [0, 0.05) is 12.1 Å². The lowest BCUT2D eigenvalue weighted by Crippen LogP contribution is -2.30. The first-order valence-electron chi connectivity index (χ1n) is 4.87. The van der Waals surface area contributed by atoms with E-state index in [9.17, 15) is 15.0 Å². The summed E-state index contributed by atoms with van der Waals surface area (Å²) in [7, 11) is 1.61. The second-order valence-corrected chi connectivity index (χ2v) is 3.83. The molecule has 0 saturated heterocycles. The van der Waals surface area contributed by atoms with Crippen molar-refractivity contribution in [3.63, 3.8) is 0 Å². The Kier molecular flexibility index (Phi) is 4.83. The van der Waals surface area contributed by atoms with Gasteiger partial charge in [0.1, 0.15) is 11.3 Å². The molecule has 7 heteroatoms. The van der Waals surface area contributed by atoms with Gasteiger partial charge in [0.15, 0.2) is 5.69 Å². The molecule has 0 radical (unpaired) electrons. The van der Waals surface area contributed by atoms with E-state index in [-0.39, 0.29) is 23.0 Å². The summed E-state index contributed by atoms with van der Waals surface area (Å²) >= 11 is 5.58. The molecule has 4 N–H and O–H groups in total. The number of pyridine rings is 1. The fraction of sp³-hybridized carbons (Fsp3) is 0.400.